The standard InChI is InChI=1S/C21H17FN4O4S/c22-14-5-2-1-4-13(14)21(28)26-9-3-6-15(26)19-24-25-20(31-19)18(27)23-12-7-8-16-17(10-12)30-11-29-16/h1-2,4-5,7-8,10,15H,3,6,9,11H2,(H,23,27). The first-order chi connectivity index (χ1) is 15.1. The molecule has 0 aliphatic carbocycles. The summed E-state index contributed by atoms with van der Waals surface area (Å²) in [6, 6.07) is 10.7. The number of benzene rings is 2. The number of aromatic nitrogens is 2. The highest BCUT2D eigenvalue weighted by atomic mass is 32.1. The van der Waals surface area contributed by atoms with E-state index in [0.29, 0.717) is 35.2 Å². The van der Waals surface area contributed by atoms with E-state index in [4.69, 9.17) is 9.47 Å². The Morgan fingerprint density at radius 3 is 2.84 bits per heavy atom. The lowest BCUT2D eigenvalue weighted by Crippen LogP contribution is -2.31. The third kappa shape index (κ3) is 3.70. The van der Waals surface area contributed by atoms with Crippen molar-refractivity contribution in [1.29, 1.82) is 0 Å². The second kappa shape index (κ2) is 7.95. The summed E-state index contributed by atoms with van der Waals surface area (Å²) in [7, 11) is 0. The zero-order valence-electron chi connectivity index (χ0n) is 16.2. The monoisotopic (exact) mass is 440 g/mol. The van der Waals surface area contributed by atoms with Gasteiger partial charge in [0.25, 0.3) is 11.8 Å². The van der Waals surface area contributed by atoms with Crippen LogP contribution in [0.5, 0.6) is 11.5 Å². The highest BCUT2D eigenvalue weighted by Gasteiger charge is 2.34. The van der Waals surface area contributed by atoms with Crippen LogP contribution >= 0.6 is 11.3 Å². The Morgan fingerprint density at radius 1 is 1.13 bits per heavy atom. The topological polar surface area (TPSA) is 93.7 Å². The van der Waals surface area contributed by atoms with Crippen molar-refractivity contribution in [3.63, 3.8) is 0 Å². The average molecular weight is 440 g/mol. The highest BCUT2D eigenvalue weighted by molar-refractivity contribution is 7.13. The molecule has 2 aromatic carbocycles. The number of nitrogens with zero attached hydrogens (tertiary/aromatic N) is 3. The molecule has 1 fully saturated rings. The minimum Gasteiger partial charge on any atom is -0.454 e. The smallest absolute Gasteiger partial charge is 0.286 e. The largest absolute Gasteiger partial charge is 0.454 e. The van der Waals surface area contributed by atoms with E-state index in [1.54, 1.807) is 35.2 Å². The molecule has 2 aliphatic heterocycles. The molecule has 1 saturated heterocycles. The molecule has 0 saturated carbocycles. The van der Waals surface area contributed by atoms with Crippen molar-refractivity contribution < 1.29 is 23.5 Å². The highest BCUT2D eigenvalue weighted by Crippen LogP contribution is 2.36. The molecule has 0 spiro atoms. The van der Waals surface area contributed by atoms with E-state index in [1.165, 1.54) is 12.1 Å². The molecule has 1 unspecified atom stereocenters. The lowest BCUT2D eigenvalue weighted by atomic mass is 10.1. The first-order valence-electron chi connectivity index (χ1n) is 9.70. The Balaban J connectivity index is 1.32. The summed E-state index contributed by atoms with van der Waals surface area (Å²) < 4.78 is 24.7. The molecule has 0 radical (unpaired) electrons. The fraction of sp³-hybridized carbons (Fsp3) is 0.238. The van der Waals surface area contributed by atoms with Gasteiger partial charge in [-0.2, -0.15) is 0 Å². The lowest BCUT2D eigenvalue weighted by Gasteiger charge is -2.23. The maximum absolute atomic E-state index is 14.1. The van der Waals surface area contributed by atoms with Crippen LogP contribution in [0.15, 0.2) is 42.5 Å². The molecule has 3 aromatic rings. The van der Waals surface area contributed by atoms with Crippen LogP contribution in [-0.2, 0) is 0 Å². The summed E-state index contributed by atoms with van der Waals surface area (Å²) in [6.45, 7) is 0.645. The van der Waals surface area contributed by atoms with Crippen LogP contribution in [0, 0.1) is 5.82 Å². The van der Waals surface area contributed by atoms with Crippen LogP contribution < -0.4 is 14.8 Å². The fourth-order valence-electron chi connectivity index (χ4n) is 3.68. The van der Waals surface area contributed by atoms with Gasteiger partial charge in [0.05, 0.1) is 11.6 Å². The van der Waals surface area contributed by atoms with Gasteiger partial charge in [-0.3, -0.25) is 9.59 Å². The van der Waals surface area contributed by atoms with Gasteiger partial charge < -0.3 is 19.7 Å². The van der Waals surface area contributed by atoms with Crippen LogP contribution in [0.1, 0.15) is 44.1 Å². The normalized spacial score (nSPS) is 17.1. The summed E-state index contributed by atoms with van der Waals surface area (Å²) in [5, 5.41) is 11.6. The summed E-state index contributed by atoms with van der Waals surface area (Å²) >= 11 is 1.13. The van der Waals surface area contributed by atoms with Gasteiger partial charge in [0.15, 0.2) is 11.5 Å². The van der Waals surface area contributed by atoms with Crippen molar-refractivity contribution in [2.45, 2.75) is 18.9 Å². The molecule has 2 amide bonds. The number of carbonyl (C=O) groups excluding carboxylic acids is 2. The quantitative estimate of drug-likeness (QED) is 0.666. The Morgan fingerprint density at radius 2 is 1.97 bits per heavy atom. The molecular weight excluding hydrogens is 423 g/mol. The maximum atomic E-state index is 14.1. The number of hydrogen-bond acceptors (Lipinski definition) is 7. The van der Waals surface area contributed by atoms with Crippen molar-refractivity contribution in [3.8, 4) is 11.5 Å². The third-order valence-electron chi connectivity index (χ3n) is 5.17. The lowest BCUT2D eigenvalue weighted by molar-refractivity contribution is 0.0730. The number of halogens is 1. The molecule has 1 atom stereocenters. The minimum atomic E-state index is -0.556. The Bertz CT molecular complexity index is 1170. The second-order valence-electron chi connectivity index (χ2n) is 7.10. The molecule has 10 heteroatoms. The van der Waals surface area contributed by atoms with E-state index in [0.717, 1.165) is 17.8 Å². The Labute approximate surface area is 180 Å². The number of hydrogen-bond donors (Lipinski definition) is 1. The minimum absolute atomic E-state index is 0.0275. The number of nitrogens with one attached hydrogen (secondary N) is 1. The van der Waals surface area contributed by atoms with Crippen LogP contribution in [0.2, 0.25) is 0 Å². The van der Waals surface area contributed by atoms with Gasteiger partial charge in [0.1, 0.15) is 10.8 Å². The maximum Gasteiger partial charge on any atom is 0.286 e. The molecule has 2 aliphatic rings. The van der Waals surface area contributed by atoms with E-state index in [9.17, 15) is 14.0 Å². The van der Waals surface area contributed by atoms with Gasteiger partial charge >= 0.3 is 0 Å². The summed E-state index contributed by atoms with van der Waals surface area (Å²) in [4.78, 5) is 27.1. The summed E-state index contributed by atoms with van der Waals surface area (Å²) in [6.07, 6.45) is 1.45. The molecule has 3 heterocycles. The second-order valence-corrected chi connectivity index (χ2v) is 8.11. The number of likely N-dealkylation sites (tertiary alicyclic amines) is 1. The van der Waals surface area contributed by atoms with Gasteiger partial charge in [0, 0.05) is 18.3 Å². The molecular formula is C21H17FN4O4S. The van der Waals surface area contributed by atoms with Gasteiger partial charge in [-0.1, -0.05) is 23.5 Å². The van der Waals surface area contributed by atoms with Crippen LogP contribution in [-0.4, -0.2) is 40.2 Å². The SMILES string of the molecule is O=C(Nc1ccc2c(c1)OCO2)c1nnc(C2CCCN2C(=O)c2ccccc2F)s1. The van der Waals surface area contributed by atoms with E-state index in [1.807, 2.05) is 0 Å². The Hall–Kier alpha value is -3.53. The number of anilines is 1. The zero-order valence-corrected chi connectivity index (χ0v) is 17.0. The van der Waals surface area contributed by atoms with Crippen LogP contribution in [0.4, 0.5) is 10.1 Å². The van der Waals surface area contributed by atoms with Gasteiger partial charge in [0.2, 0.25) is 11.8 Å². The van der Waals surface area contributed by atoms with Crippen molar-refractivity contribution in [2.24, 2.45) is 0 Å². The van der Waals surface area contributed by atoms with Crippen LogP contribution in [0.3, 0.4) is 0 Å². The first-order valence-corrected chi connectivity index (χ1v) is 10.5. The average Bonchev–Trinajstić information content (AvgIpc) is 3.52. The fourth-order valence-corrected chi connectivity index (χ4v) is 4.56. The molecule has 158 valence electrons. The molecule has 1 N–H and O–H groups in total. The zero-order chi connectivity index (χ0) is 21.4. The van der Waals surface area contributed by atoms with E-state index >= 15 is 0 Å². The third-order valence-corrected chi connectivity index (χ3v) is 6.19. The van der Waals surface area contributed by atoms with E-state index in [-0.39, 0.29) is 29.3 Å². The molecule has 31 heavy (non-hydrogen) atoms. The van der Waals surface area contributed by atoms with E-state index in [2.05, 4.69) is 15.5 Å². The van der Waals surface area contributed by atoms with Gasteiger partial charge in [-0.15, -0.1) is 10.2 Å². The number of rotatable bonds is 4. The van der Waals surface area contributed by atoms with Gasteiger partial charge in [-0.25, -0.2) is 4.39 Å². The molecule has 8 nitrogen and oxygen atoms in total. The molecule has 0 bridgehead atoms. The summed E-state index contributed by atoms with van der Waals surface area (Å²) in [5.74, 6) is -0.171. The predicted octanol–water partition coefficient (Wildman–Crippen LogP) is 3.64. The van der Waals surface area contributed by atoms with E-state index < -0.39 is 11.7 Å². The van der Waals surface area contributed by atoms with Crippen molar-refractivity contribution in [1.82, 2.24) is 15.1 Å². The number of ether oxygens (including phenoxy) is 2. The first kappa shape index (κ1) is 19.4. The van der Waals surface area contributed by atoms with Crippen LogP contribution in [0.25, 0.3) is 0 Å². The summed E-state index contributed by atoms with van der Waals surface area (Å²) in [5.41, 5.74) is 0.572. The van der Waals surface area contributed by atoms with Gasteiger partial charge in [-0.05, 0) is 37.1 Å². The van der Waals surface area contributed by atoms with Crippen molar-refractivity contribution >= 4 is 28.8 Å². The molecule has 1 aromatic heterocycles. The van der Waals surface area contributed by atoms with Crippen molar-refractivity contribution in [3.05, 3.63) is 63.9 Å². The Kier molecular flexibility index (Phi) is 4.99. The van der Waals surface area contributed by atoms with Crippen molar-refractivity contribution in [2.75, 3.05) is 18.7 Å². The molecule has 5 rings (SSSR count). The number of fused-ring (bicyclic) bond motifs is 1. The number of amides is 2. The predicted molar refractivity (Wildman–Crippen MR) is 110 cm³/mol. The number of carbonyl (C=O) groups is 2.